The molecule has 0 atom stereocenters. The van der Waals surface area contributed by atoms with Crippen molar-refractivity contribution in [3.05, 3.63) is 51.3 Å². The number of rotatable bonds is 2. The Balaban J connectivity index is 2.28. The summed E-state index contributed by atoms with van der Waals surface area (Å²) in [5.74, 6) is -1.26. The van der Waals surface area contributed by atoms with Gasteiger partial charge in [-0.15, -0.1) is 0 Å². The molecule has 0 unspecified atom stereocenters. The van der Waals surface area contributed by atoms with Gasteiger partial charge in [-0.2, -0.15) is 0 Å². The van der Waals surface area contributed by atoms with Crippen LogP contribution in [-0.4, -0.2) is 10.9 Å². The van der Waals surface area contributed by atoms with Crippen molar-refractivity contribution in [1.29, 1.82) is 0 Å². The quantitative estimate of drug-likeness (QED) is 0.876. The molecule has 1 amide bonds. The van der Waals surface area contributed by atoms with Crippen LogP contribution in [0.15, 0.2) is 34.9 Å². The maximum atomic E-state index is 13.0. The number of anilines is 2. The number of carbonyl (C=O) groups is 1. The fourth-order valence-electron chi connectivity index (χ4n) is 1.41. The molecule has 2 rings (SSSR count). The number of nitrogens with zero attached hydrogens (tertiary/aromatic N) is 1. The van der Waals surface area contributed by atoms with Crippen LogP contribution in [0, 0.1) is 5.82 Å². The number of nitrogens with two attached hydrogens (primary N) is 1. The fourth-order valence-corrected chi connectivity index (χ4v) is 2.13. The molecular weight excluding hydrogens is 337 g/mol. The van der Waals surface area contributed by atoms with Gasteiger partial charge >= 0.3 is 0 Å². The van der Waals surface area contributed by atoms with Crippen LogP contribution < -0.4 is 11.1 Å². The van der Waals surface area contributed by atoms with E-state index in [0.717, 1.165) is 16.7 Å². The molecule has 0 saturated carbocycles. The third kappa shape index (κ3) is 3.21. The number of aromatic nitrogens is 1. The topological polar surface area (TPSA) is 68.0 Å². The highest BCUT2D eigenvalue weighted by molar-refractivity contribution is 9.10. The lowest BCUT2D eigenvalue weighted by molar-refractivity contribution is 0.102. The van der Waals surface area contributed by atoms with Crippen LogP contribution in [0.5, 0.6) is 0 Å². The Bertz CT molecular complexity index is 651. The van der Waals surface area contributed by atoms with Crippen molar-refractivity contribution in [2.24, 2.45) is 0 Å². The standard InChI is InChI=1S/C12H8BrClFN3O/c13-6-1-2-10(9(14)3-6)18-12(19)8-4-7(15)5-17-11(8)16/h1-5H,(H2,16,17)(H,18,19). The summed E-state index contributed by atoms with van der Waals surface area (Å²) >= 11 is 9.22. The van der Waals surface area contributed by atoms with E-state index < -0.39 is 11.7 Å². The Morgan fingerprint density at radius 3 is 2.84 bits per heavy atom. The third-order valence-electron chi connectivity index (χ3n) is 2.31. The van der Waals surface area contributed by atoms with Gasteiger partial charge in [-0.25, -0.2) is 9.37 Å². The average molecular weight is 345 g/mol. The second-order valence-electron chi connectivity index (χ2n) is 3.66. The molecule has 19 heavy (non-hydrogen) atoms. The Morgan fingerprint density at radius 1 is 1.42 bits per heavy atom. The van der Waals surface area contributed by atoms with Crippen LogP contribution in [0.2, 0.25) is 5.02 Å². The summed E-state index contributed by atoms with van der Waals surface area (Å²) in [6.07, 6.45) is 0.943. The maximum Gasteiger partial charge on any atom is 0.259 e. The molecule has 1 aromatic carbocycles. The highest BCUT2D eigenvalue weighted by Gasteiger charge is 2.13. The minimum absolute atomic E-state index is 0.0426. The third-order valence-corrected chi connectivity index (χ3v) is 3.12. The normalized spacial score (nSPS) is 10.3. The summed E-state index contributed by atoms with van der Waals surface area (Å²) in [5, 5.41) is 2.90. The highest BCUT2D eigenvalue weighted by Crippen LogP contribution is 2.26. The summed E-state index contributed by atoms with van der Waals surface area (Å²) in [4.78, 5) is 15.5. The van der Waals surface area contributed by atoms with Crippen LogP contribution in [0.3, 0.4) is 0 Å². The molecule has 0 bridgehead atoms. The van der Waals surface area contributed by atoms with Crippen molar-refractivity contribution < 1.29 is 9.18 Å². The Hall–Kier alpha value is -1.66. The van der Waals surface area contributed by atoms with Crippen molar-refractivity contribution >= 4 is 44.9 Å². The first-order valence-corrected chi connectivity index (χ1v) is 6.32. The largest absolute Gasteiger partial charge is 0.383 e. The molecule has 0 fully saturated rings. The number of hydrogen-bond donors (Lipinski definition) is 2. The SMILES string of the molecule is Nc1ncc(F)cc1C(=O)Nc1ccc(Br)cc1Cl. The Morgan fingerprint density at radius 2 is 2.16 bits per heavy atom. The van der Waals surface area contributed by atoms with Crippen LogP contribution in [-0.2, 0) is 0 Å². The number of carbonyl (C=O) groups excluding carboxylic acids is 1. The zero-order valence-corrected chi connectivity index (χ0v) is 11.8. The van der Waals surface area contributed by atoms with Gasteiger partial charge in [0.1, 0.15) is 11.6 Å². The first-order chi connectivity index (χ1) is 8.97. The van der Waals surface area contributed by atoms with Gasteiger partial charge in [-0.05, 0) is 24.3 Å². The van der Waals surface area contributed by atoms with Crippen molar-refractivity contribution in [3.8, 4) is 0 Å². The number of nitrogens with one attached hydrogen (secondary N) is 1. The van der Waals surface area contributed by atoms with Crippen molar-refractivity contribution in [2.75, 3.05) is 11.1 Å². The van der Waals surface area contributed by atoms with Crippen LogP contribution in [0.4, 0.5) is 15.9 Å². The van der Waals surface area contributed by atoms with E-state index in [9.17, 15) is 9.18 Å². The highest BCUT2D eigenvalue weighted by atomic mass is 79.9. The van der Waals surface area contributed by atoms with Crippen LogP contribution in [0.1, 0.15) is 10.4 Å². The van der Waals surface area contributed by atoms with E-state index in [1.54, 1.807) is 18.2 Å². The molecule has 4 nitrogen and oxygen atoms in total. The summed E-state index contributed by atoms with van der Waals surface area (Å²) < 4.78 is 13.8. The van der Waals surface area contributed by atoms with E-state index in [1.165, 1.54) is 0 Å². The predicted octanol–water partition coefficient (Wildman–Crippen LogP) is 3.47. The first kappa shape index (κ1) is 13.8. The van der Waals surface area contributed by atoms with E-state index in [1.807, 2.05) is 0 Å². The number of benzene rings is 1. The average Bonchev–Trinajstić information content (AvgIpc) is 2.35. The lowest BCUT2D eigenvalue weighted by atomic mass is 10.2. The molecule has 0 aliphatic rings. The molecule has 0 aliphatic heterocycles. The molecule has 1 heterocycles. The van der Waals surface area contributed by atoms with Gasteiger partial charge in [-0.3, -0.25) is 4.79 Å². The smallest absolute Gasteiger partial charge is 0.259 e. The second-order valence-corrected chi connectivity index (χ2v) is 4.99. The molecule has 98 valence electrons. The Labute approximate surface area is 121 Å². The zero-order valence-electron chi connectivity index (χ0n) is 9.45. The lowest BCUT2D eigenvalue weighted by Gasteiger charge is -2.08. The number of halogens is 3. The summed E-state index contributed by atoms with van der Waals surface area (Å²) in [5.41, 5.74) is 5.89. The maximum absolute atomic E-state index is 13.0. The minimum Gasteiger partial charge on any atom is -0.383 e. The predicted molar refractivity (Wildman–Crippen MR) is 75.7 cm³/mol. The lowest BCUT2D eigenvalue weighted by Crippen LogP contribution is -2.15. The van der Waals surface area contributed by atoms with Gasteiger partial charge in [0.2, 0.25) is 0 Å². The molecule has 2 aromatic rings. The van der Waals surface area contributed by atoms with Gasteiger partial charge < -0.3 is 11.1 Å². The van der Waals surface area contributed by atoms with E-state index in [4.69, 9.17) is 17.3 Å². The van der Waals surface area contributed by atoms with Gasteiger partial charge in [0, 0.05) is 4.47 Å². The van der Waals surface area contributed by atoms with E-state index >= 15 is 0 Å². The van der Waals surface area contributed by atoms with Crippen LogP contribution in [0.25, 0.3) is 0 Å². The first-order valence-electron chi connectivity index (χ1n) is 5.15. The molecule has 3 N–H and O–H groups in total. The molecule has 1 aromatic heterocycles. The van der Waals surface area contributed by atoms with Crippen molar-refractivity contribution in [2.45, 2.75) is 0 Å². The van der Waals surface area contributed by atoms with Gasteiger partial charge in [0.25, 0.3) is 5.91 Å². The van der Waals surface area contributed by atoms with E-state index in [-0.39, 0.29) is 11.4 Å². The Kier molecular flexibility index (Phi) is 4.01. The second kappa shape index (κ2) is 5.54. The number of nitrogen functional groups attached to an aromatic ring is 1. The summed E-state index contributed by atoms with van der Waals surface area (Å²) in [6, 6.07) is 5.98. The van der Waals surface area contributed by atoms with E-state index in [2.05, 4.69) is 26.2 Å². The molecular formula is C12H8BrClFN3O. The fraction of sp³-hybridized carbons (Fsp3) is 0. The number of pyridine rings is 1. The molecule has 0 radical (unpaired) electrons. The minimum atomic E-state index is -0.638. The molecule has 7 heteroatoms. The summed E-state index contributed by atoms with van der Waals surface area (Å²) in [6.45, 7) is 0. The number of hydrogen-bond acceptors (Lipinski definition) is 3. The summed E-state index contributed by atoms with van der Waals surface area (Å²) in [7, 11) is 0. The van der Waals surface area contributed by atoms with Crippen LogP contribution >= 0.6 is 27.5 Å². The van der Waals surface area contributed by atoms with E-state index in [0.29, 0.717) is 10.7 Å². The van der Waals surface area contributed by atoms with Gasteiger partial charge in [-0.1, -0.05) is 27.5 Å². The zero-order chi connectivity index (χ0) is 14.0. The molecule has 0 saturated heterocycles. The van der Waals surface area contributed by atoms with Gasteiger partial charge in [0.05, 0.1) is 22.5 Å². The van der Waals surface area contributed by atoms with Crippen molar-refractivity contribution in [3.63, 3.8) is 0 Å². The van der Waals surface area contributed by atoms with Gasteiger partial charge in [0.15, 0.2) is 0 Å². The number of amides is 1. The monoisotopic (exact) mass is 343 g/mol. The molecule has 0 spiro atoms. The van der Waals surface area contributed by atoms with Crippen molar-refractivity contribution in [1.82, 2.24) is 4.98 Å². The molecule has 0 aliphatic carbocycles.